The minimum absolute atomic E-state index is 0. The Labute approximate surface area is 268 Å². The molecule has 4 rings (SSSR count). The van der Waals surface area contributed by atoms with E-state index in [4.69, 9.17) is 0 Å². The van der Waals surface area contributed by atoms with Crippen molar-refractivity contribution < 1.29 is 81.9 Å². The largest absolute Gasteiger partial charge is 1.00 e. The molecule has 0 N–H and O–H groups in total. The minimum atomic E-state index is -4.40. The fourth-order valence-electron chi connectivity index (χ4n) is 5.40. The van der Waals surface area contributed by atoms with Gasteiger partial charge in [0.1, 0.15) is 10.1 Å². The van der Waals surface area contributed by atoms with Gasteiger partial charge in [-0.2, -0.15) is 4.58 Å². The molecular weight excluding hydrogens is 552 g/mol. The Kier molecular flexibility index (Phi) is 9.40. The Hall–Kier alpha value is -1.15. The Morgan fingerprint density at radius 3 is 2.05 bits per heavy atom. The fourth-order valence-corrected chi connectivity index (χ4v) is 6.21. The Morgan fingerprint density at radius 2 is 1.42 bits per heavy atom. The van der Waals surface area contributed by atoms with E-state index in [1.54, 1.807) is 0 Å². The first-order valence-corrected chi connectivity index (χ1v) is 15.2. The van der Waals surface area contributed by atoms with E-state index in [2.05, 4.69) is 0 Å². The van der Waals surface area contributed by atoms with Gasteiger partial charge in [0.05, 0.1) is 27.0 Å². The summed E-state index contributed by atoms with van der Waals surface area (Å²) in [4.78, 5) is 1.87. The molecule has 8 nitrogen and oxygen atoms in total. The number of rotatable bonds is 8. The van der Waals surface area contributed by atoms with Crippen LogP contribution >= 0.6 is 0 Å². The average molecular weight is 583 g/mol. The van der Waals surface area contributed by atoms with Gasteiger partial charge in [0.2, 0.25) is 5.69 Å². The van der Waals surface area contributed by atoms with Crippen LogP contribution in [0.3, 0.4) is 0 Å². The fraction of sp³-hybridized carbons (Fsp3) is 0.370. The van der Waals surface area contributed by atoms with Crippen LogP contribution in [0, 0.1) is 0 Å². The smallest absolute Gasteiger partial charge is 0.748 e. The van der Waals surface area contributed by atoms with Gasteiger partial charge in [-0.05, 0) is 31.6 Å². The Bertz CT molecular complexity index is 1540. The van der Waals surface area contributed by atoms with Crippen LogP contribution in [0.25, 0.3) is 0 Å². The summed E-state index contributed by atoms with van der Waals surface area (Å²) < 4.78 is 70.4. The van der Waals surface area contributed by atoms with E-state index >= 15 is 0 Å². The van der Waals surface area contributed by atoms with Crippen LogP contribution in [-0.4, -0.2) is 60.8 Å². The SMILES string of the molecule is CC1(C)C(C=C/C=C2/N(CCS(=O)(=O)[O-])c3ccccc3C2(C)C)=[N+](CCS(=O)(=O)[O-])c2ccccc21.[K+]. The van der Waals surface area contributed by atoms with Crippen molar-refractivity contribution in [2.75, 3.05) is 29.5 Å². The van der Waals surface area contributed by atoms with E-state index in [0.29, 0.717) is 0 Å². The molecular formula is C27H31KN2O6S2. The summed E-state index contributed by atoms with van der Waals surface area (Å²) in [7, 11) is -8.80. The summed E-state index contributed by atoms with van der Waals surface area (Å²) in [6, 6.07) is 15.4. The summed E-state index contributed by atoms with van der Waals surface area (Å²) >= 11 is 0. The van der Waals surface area contributed by atoms with Crippen molar-refractivity contribution in [2.24, 2.45) is 0 Å². The maximum absolute atomic E-state index is 11.4. The predicted octanol–water partition coefficient (Wildman–Crippen LogP) is 0.395. The van der Waals surface area contributed by atoms with Crippen LogP contribution in [0.2, 0.25) is 0 Å². The maximum atomic E-state index is 11.4. The van der Waals surface area contributed by atoms with Gasteiger partial charge < -0.3 is 14.0 Å². The third kappa shape index (κ3) is 6.42. The molecule has 0 bridgehead atoms. The summed E-state index contributed by atoms with van der Waals surface area (Å²) in [5.74, 6) is -1.04. The van der Waals surface area contributed by atoms with Gasteiger partial charge in [0.15, 0.2) is 12.3 Å². The van der Waals surface area contributed by atoms with E-state index in [9.17, 15) is 25.9 Å². The number of fused-ring (bicyclic) bond motifs is 2. The molecule has 0 amide bonds. The summed E-state index contributed by atoms with van der Waals surface area (Å²) in [6.45, 7) is 8.26. The minimum Gasteiger partial charge on any atom is -0.748 e. The molecule has 0 fully saturated rings. The molecule has 198 valence electrons. The molecule has 0 saturated heterocycles. The van der Waals surface area contributed by atoms with Gasteiger partial charge in [-0.15, -0.1) is 0 Å². The third-order valence-electron chi connectivity index (χ3n) is 7.24. The number of benzene rings is 2. The van der Waals surface area contributed by atoms with Crippen LogP contribution in [-0.2, 0) is 31.1 Å². The molecule has 0 spiro atoms. The Morgan fingerprint density at radius 1 is 0.842 bits per heavy atom. The monoisotopic (exact) mass is 582 g/mol. The van der Waals surface area contributed by atoms with Crippen molar-refractivity contribution in [3.63, 3.8) is 0 Å². The third-order valence-corrected chi connectivity index (χ3v) is 8.60. The molecule has 0 radical (unpaired) electrons. The van der Waals surface area contributed by atoms with E-state index in [-0.39, 0.29) is 64.5 Å². The molecule has 2 aliphatic heterocycles. The standard InChI is InChI=1S/C27H32N2O6S2.K/c1-26(2)20-10-5-7-12-22(20)28(16-18-36(30,31)32)24(26)14-9-15-25-27(3,4)21-11-6-8-13-23(21)29(25)17-19-37(33,34)35;/h5-15H,16-19H2,1-4H3,(H-,30,31,32,33,34,35);/q;+1/p-1. The van der Waals surface area contributed by atoms with Crippen molar-refractivity contribution in [1.29, 1.82) is 0 Å². The van der Waals surface area contributed by atoms with Gasteiger partial charge in [-0.3, -0.25) is 0 Å². The molecule has 0 unspecified atom stereocenters. The zero-order chi connectivity index (χ0) is 27.2. The molecule has 0 atom stereocenters. The molecule has 0 aliphatic carbocycles. The zero-order valence-corrected chi connectivity index (χ0v) is 27.1. The first-order chi connectivity index (χ1) is 17.1. The van der Waals surface area contributed by atoms with E-state index in [1.165, 1.54) is 0 Å². The number of para-hydroxylation sites is 2. The molecule has 38 heavy (non-hydrogen) atoms. The van der Waals surface area contributed by atoms with Gasteiger partial charge in [0, 0.05) is 41.1 Å². The van der Waals surface area contributed by atoms with Crippen molar-refractivity contribution in [1.82, 2.24) is 0 Å². The molecule has 2 aromatic carbocycles. The van der Waals surface area contributed by atoms with Crippen LogP contribution in [0.15, 0.2) is 72.5 Å². The molecule has 0 aromatic heterocycles. The zero-order valence-electron chi connectivity index (χ0n) is 22.3. The maximum Gasteiger partial charge on any atom is 1.00 e. The van der Waals surface area contributed by atoms with E-state index in [0.717, 1.165) is 33.9 Å². The summed E-state index contributed by atoms with van der Waals surface area (Å²) in [5.41, 5.74) is 4.58. The van der Waals surface area contributed by atoms with E-state index < -0.39 is 42.6 Å². The van der Waals surface area contributed by atoms with Gasteiger partial charge in [-0.25, -0.2) is 16.8 Å². The molecule has 2 aliphatic rings. The summed E-state index contributed by atoms with van der Waals surface area (Å²) in [6.07, 6.45) is 5.68. The van der Waals surface area contributed by atoms with Crippen LogP contribution < -0.4 is 56.3 Å². The number of hydrogen-bond donors (Lipinski definition) is 0. The predicted molar refractivity (Wildman–Crippen MR) is 142 cm³/mol. The molecule has 2 heterocycles. The number of nitrogens with zero attached hydrogens (tertiary/aromatic N) is 2. The van der Waals surface area contributed by atoms with Gasteiger partial charge in [-0.1, -0.05) is 56.3 Å². The summed E-state index contributed by atoms with van der Waals surface area (Å²) in [5, 5.41) is 0. The first-order valence-electron chi connectivity index (χ1n) is 12.0. The van der Waals surface area contributed by atoms with Crippen LogP contribution in [0.4, 0.5) is 11.4 Å². The second-order valence-corrected chi connectivity index (χ2v) is 13.5. The molecule has 0 saturated carbocycles. The van der Waals surface area contributed by atoms with Crippen molar-refractivity contribution in [3.8, 4) is 0 Å². The van der Waals surface area contributed by atoms with Crippen molar-refractivity contribution >= 4 is 37.3 Å². The first kappa shape index (κ1) is 31.4. The Balaban J connectivity index is 0.00000400. The number of hydrogen-bond acceptors (Lipinski definition) is 7. The van der Waals surface area contributed by atoms with Gasteiger partial charge >= 0.3 is 51.4 Å². The normalized spacial score (nSPS) is 19.1. The topological polar surface area (TPSA) is 121 Å². The van der Waals surface area contributed by atoms with Gasteiger partial charge in [0.25, 0.3) is 0 Å². The second-order valence-electron chi connectivity index (χ2n) is 10.4. The number of allylic oxidation sites excluding steroid dienone is 4. The average Bonchev–Trinajstić information content (AvgIpc) is 3.15. The van der Waals surface area contributed by atoms with Crippen LogP contribution in [0.1, 0.15) is 38.8 Å². The van der Waals surface area contributed by atoms with E-state index in [1.807, 2.05) is 104 Å². The van der Waals surface area contributed by atoms with Crippen LogP contribution in [0.5, 0.6) is 0 Å². The molecule has 2 aromatic rings. The van der Waals surface area contributed by atoms with Crippen molar-refractivity contribution in [2.45, 2.75) is 38.5 Å². The second kappa shape index (κ2) is 11.4. The molecule has 11 heteroatoms. The van der Waals surface area contributed by atoms with Crippen molar-refractivity contribution in [3.05, 3.63) is 83.6 Å². The number of anilines is 1. The quantitative estimate of drug-likeness (QED) is 0.251.